The molecule has 5 nitrogen and oxygen atoms in total. The Balaban J connectivity index is 0.00000280. The highest BCUT2D eigenvalue weighted by Crippen LogP contribution is 2.23. The molecule has 1 aromatic carbocycles. The quantitative estimate of drug-likeness (QED) is 0.292. The molecule has 0 atom stereocenters. The van der Waals surface area contributed by atoms with Crippen molar-refractivity contribution in [3.05, 3.63) is 65.4 Å². The van der Waals surface area contributed by atoms with Crippen LogP contribution in [0.15, 0.2) is 59.0 Å². The summed E-state index contributed by atoms with van der Waals surface area (Å²) < 4.78 is 2.14. The van der Waals surface area contributed by atoms with Gasteiger partial charge in [-0.3, -0.25) is 4.99 Å². The number of hydrogen-bond donors (Lipinski definition) is 1. The molecule has 0 saturated heterocycles. The topological polar surface area (TPSA) is 45.5 Å². The van der Waals surface area contributed by atoms with E-state index in [-0.39, 0.29) is 24.0 Å². The van der Waals surface area contributed by atoms with Crippen LogP contribution in [0.3, 0.4) is 0 Å². The predicted molar refractivity (Wildman–Crippen MR) is 130 cm³/mol. The van der Waals surface area contributed by atoms with Crippen LogP contribution in [0.4, 0.5) is 0 Å². The predicted octanol–water partition coefficient (Wildman–Crippen LogP) is 4.41. The van der Waals surface area contributed by atoms with Crippen molar-refractivity contribution < 1.29 is 0 Å². The molecule has 0 amide bonds. The lowest BCUT2D eigenvalue weighted by atomic mass is 10.2. The number of aliphatic imine (C=N–C) groups is 1. The number of hydrogen-bond acceptors (Lipinski definition) is 3. The normalized spacial score (nSPS) is 11.2. The van der Waals surface area contributed by atoms with E-state index in [4.69, 9.17) is 9.98 Å². The molecule has 0 aliphatic heterocycles. The molecular formula is C21H28IN5S. The van der Waals surface area contributed by atoms with Gasteiger partial charge in [-0.1, -0.05) is 30.3 Å². The fraction of sp³-hybridized carbons (Fsp3) is 0.333. The lowest BCUT2D eigenvalue weighted by molar-refractivity contribution is 0.462. The van der Waals surface area contributed by atoms with E-state index < -0.39 is 0 Å². The Labute approximate surface area is 188 Å². The Morgan fingerprint density at radius 2 is 2.00 bits per heavy atom. The van der Waals surface area contributed by atoms with Crippen LogP contribution >= 0.6 is 35.3 Å². The SMILES string of the molecule is CCNC(=NCCc1csc(-c2ccccc2)n1)N(C)Cc1cccn1C.I. The van der Waals surface area contributed by atoms with Gasteiger partial charge in [-0.05, 0) is 19.1 Å². The summed E-state index contributed by atoms with van der Waals surface area (Å²) in [4.78, 5) is 11.7. The summed E-state index contributed by atoms with van der Waals surface area (Å²) in [6, 6.07) is 14.5. The van der Waals surface area contributed by atoms with E-state index >= 15 is 0 Å². The second kappa shape index (κ2) is 11.2. The Hall–Kier alpha value is -1.87. The number of rotatable bonds is 7. The molecule has 3 aromatic rings. The highest BCUT2D eigenvalue weighted by Gasteiger charge is 2.09. The van der Waals surface area contributed by atoms with Gasteiger partial charge < -0.3 is 14.8 Å². The van der Waals surface area contributed by atoms with Crippen LogP contribution in [0.1, 0.15) is 18.3 Å². The van der Waals surface area contributed by atoms with Gasteiger partial charge in [0.05, 0.1) is 12.2 Å². The van der Waals surface area contributed by atoms with Crippen LogP contribution in [-0.4, -0.2) is 40.5 Å². The van der Waals surface area contributed by atoms with Gasteiger partial charge in [0.25, 0.3) is 0 Å². The Bertz CT molecular complexity index is 872. The first kappa shape index (κ1) is 22.4. The summed E-state index contributed by atoms with van der Waals surface area (Å²) in [6.45, 7) is 4.49. The molecule has 0 unspecified atom stereocenters. The molecule has 2 heterocycles. The molecule has 28 heavy (non-hydrogen) atoms. The molecule has 7 heteroatoms. The average molecular weight is 509 g/mol. The summed E-state index contributed by atoms with van der Waals surface area (Å²) in [6.07, 6.45) is 2.91. The first-order valence-electron chi connectivity index (χ1n) is 9.27. The highest BCUT2D eigenvalue weighted by molar-refractivity contribution is 14.0. The Morgan fingerprint density at radius 1 is 1.21 bits per heavy atom. The first-order valence-corrected chi connectivity index (χ1v) is 10.1. The molecule has 0 bridgehead atoms. The summed E-state index contributed by atoms with van der Waals surface area (Å²) in [5.74, 6) is 0.928. The molecule has 0 aliphatic rings. The largest absolute Gasteiger partial charge is 0.357 e. The van der Waals surface area contributed by atoms with Gasteiger partial charge in [0.2, 0.25) is 0 Å². The lowest BCUT2D eigenvalue weighted by Gasteiger charge is -2.22. The second-order valence-corrected chi connectivity index (χ2v) is 7.32. The molecule has 0 saturated carbocycles. The van der Waals surface area contributed by atoms with Crippen molar-refractivity contribution in [2.24, 2.45) is 12.0 Å². The van der Waals surface area contributed by atoms with Crippen LogP contribution in [0, 0.1) is 0 Å². The molecule has 0 radical (unpaired) electrons. The number of benzene rings is 1. The van der Waals surface area contributed by atoms with Crippen molar-refractivity contribution in [2.75, 3.05) is 20.1 Å². The zero-order valence-electron chi connectivity index (χ0n) is 16.6. The van der Waals surface area contributed by atoms with E-state index in [1.54, 1.807) is 11.3 Å². The van der Waals surface area contributed by atoms with Gasteiger partial charge in [0, 0.05) is 56.4 Å². The summed E-state index contributed by atoms with van der Waals surface area (Å²) in [5, 5.41) is 6.59. The van der Waals surface area contributed by atoms with Crippen molar-refractivity contribution >= 4 is 41.3 Å². The van der Waals surface area contributed by atoms with E-state index in [1.807, 2.05) is 18.2 Å². The summed E-state index contributed by atoms with van der Waals surface area (Å²) in [5.41, 5.74) is 3.53. The van der Waals surface area contributed by atoms with Gasteiger partial charge in [-0.15, -0.1) is 35.3 Å². The maximum absolute atomic E-state index is 4.79. The minimum Gasteiger partial charge on any atom is -0.357 e. The molecule has 1 N–H and O–H groups in total. The molecular weight excluding hydrogens is 481 g/mol. The van der Waals surface area contributed by atoms with Crippen molar-refractivity contribution in [3.63, 3.8) is 0 Å². The number of aromatic nitrogens is 2. The number of halogens is 1. The number of aryl methyl sites for hydroxylation is 1. The number of guanidine groups is 1. The number of nitrogens with zero attached hydrogens (tertiary/aromatic N) is 4. The van der Waals surface area contributed by atoms with Crippen LogP contribution < -0.4 is 5.32 Å². The molecule has 0 aliphatic carbocycles. The summed E-state index contributed by atoms with van der Waals surface area (Å²) in [7, 11) is 4.14. The van der Waals surface area contributed by atoms with E-state index in [0.717, 1.165) is 42.7 Å². The van der Waals surface area contributed by atoms with E-state index in [2.05, 4.69) is 71.6 Å². The monoisotopic (exact) mass is 509 g/mol. The number of thiazole rings is 1. The van der Waals surface area contributed by atoms with Crippen molar-refractivity contribution in [2.45, 2.75) is 19.9 Å². The standard InChI is InChI=1S/C21H27N5S.HI/c1-4-22-21(26(3)15-19-11-8-14-25(19)2)23-13-12-18-16-27-20(24-18)17-9-6-5-7-10-17;/h5-11,14,16H,4,12-13,15H2,1-3H3,(H,22,23);1H. The van der Waals surface area contributed by atoms with E-state index in [0.29, 0.717) is 0 Å². The van der Waals surface area contributed by atoms with Crippen molar-refractivity contribution in [1.82, 2.24) is 19.8 Å². The molecule has 3 rings (SSSR count). The third kappa shape index (κ3) is 6.07. The van der Waals surface area contributed by atoms with Crippen LogP contribution in [0.25, 0.3) is 10.6 Å². The lowest BCUT2D eigenvalue weighted by Crippen LogP contribution is -2.39. The van der Waals surface area contributed by atoms with Crippen LogP contribution in [0.2, 0.25) is 0 Å². The maximum Gasteiger partial charge on any atom is 0.194 e. The second-order valence-electron chi connectivity index (χ2n) is 6.46. The Kier molecular flexibility index (Phi) is 8.98. The third-order valence-electron chi connectivity index (χ3n) is 4.35. The molecule has 150 valence electrons. The summed E-state index contributed by atoms with van der Waals surface area (Å²) >= 11 is 1.69. The van der Waals surface area contributed by atoms with Gasteiger partial charge in [-0.2, -0.15) is 0 Å². The zero-order chi connectivity index (χ0) is 19.1. The van der Waals surface area contributed by atoms with Gasteiger partial charge in [-0.25, -0.2) is 4.98 Å². The highest BCUT2D eigenvalue weighted by atomic mass is 127. The number of nitrogens with one attached hydrogen (secondary N) is 1. The fourth-order valence-electron chi connectivity index (χ4n) is 2.86. The minimum atomic E-state index is 0. The first-order chi connectivity index (χ1) is 13.2. The smallest absolute Gasteiger partial charge is 0.194 e. The zero-order valence-corrected chi connectivity index (χ0v) is 19.8. The van der Waals surface area contributed by atoms with Crippen LogP contribution in [-0.2, 0) is 20.0 Å². The van der Waals surface area contributed by atoms with Gasteiger partial charge in [0.1, 0.15) is 5.01 Å². The minimum absolute atomic E-state index is 0. The van der Waals surface area contributed by atoms with Crippen molar-refractivity contribution in [1.29, 1.82) is 0 Å². The van der Waals surface area contributed by atoms with E-state index in [1.165, 1.54) is 11.3 Å². The molecule has 2 aromatic heterocycles. The van der Waals surface area contributed by atoms with Gasteiger partial charge >= 0.3 is 0 Å². The average Bonchev–Trinajstić information content (AvgIpc) is 3.31. The van der Waals surface area contributed by atoms with Crippen molar-refractivity contribution in [3.8, 4) is 10.6 Å². The fourth-order valence-corrected chi connectivity index (χ4v) is 3.72. The van der Waals surface area contributed by atoms with E-state index in [9.17, 15) is 0 Å². The molecule has 0 fully saturated rings. The van der Waals surface area contributed by atoms with Crippen LogP contribution in [0.5, 0.6) is 0 Å². The Morgan fingerprint density at radius 3 is 2.68 bits per heavy atom. The van der Waals surface area contributed by atoms with Gasteiger partial charge in [0.15, 0.2) is 5.96 Å². The maximum atomic E-state index is 4.79. The third-order valence-corrected chi connectivity index (χ3v) is 5.29. The molecule has 0 spiro atoms.